The molecule has 2 nitrogen and oxygen atoms in total. The van der Waals surface area contributed by atoms with Crippen LogP contribution in [0.1, 0.15) is 52.4 Å². The Kier molecular flexibility index (Phi) is 2.22. The van der Waals surface area contributed by atoms with Crippen molar-refractivity contribution in [2.45, 2.75) is 57.1 Å². The van der Waals surface area contributed by atoms with E-state index in [0.717, 1.165) is 38.5 Å². The Morgan fingerprint density at radius 2 is 1.43 bits per heavy atom. The molecule has 0 aromatic carbocycles. The quantitative estimate of drug-likeness (QED) is 0.711. The third-order valence-electron chi connectivity index (χ3n) is 4.59. The number of sulfone groups is 1. The zero-order chi connectivity index (χ0) is 10.4. The fraction of sp³-hybridized carbons (Fsp3) is 1.00. The van der Waals surface area contributed by atoms with Crippen LogP contribution in [0.15, 0.2) is 0 Å². The van der Waals surface area contributed by atoms with Gasteiger partial charge >= 0.3 is 0 Å². The van der Waals surface area contributed by atoms with Crippen molar-refractivity contribution in [1.82, 2.24) is 0 Å². The Labute approximate surface area is 87.0 Å². The fourth-order valence-corrected chi connectivity index (χ4v) is 4.96. The Morgan fingerprint density at radius 3 is 1.79 bits per heavy atom. The minimum absolute atomic E-state index is 0.320. The second kappa shape index (κ2) is 2.97. The molecule has 0 saturated heterocycles. The van der Waals surface area contributed by atoms with Gasteiger partial charge in [-0.2, -0.15) is 0 Å². The van der Waals surface area contributed by atoms with Gasteiger partial charge in [-0.1, -0.05) is 13.8 Å². The van der Waals surface area contributed by atoms with Gasteiger partial charge in [0.05, 0.1) is 4.75 Å². The van der Waals surface area contributed by atoms with Crippen LogP contribution < -0.4 is 0 Å². The number of fused-ring (bicyclic) bond motifs is 3. The highest BCUT2D eigenvalue weighted by Crippen LogP contribution is 2.55. The van der Waals surface area contributed by atoms with Crippen molar-refractivity contribution in [3.63, 3.8) is 0 Å². The van der Waals surface area contributed by atoms with E-state index in [2.05, 4.69) is 6.92 Å². The lowest BCUT2D eigenvalue weighted by Gasteiger charge is -2.51. The van der Waals surface area contributed by atoms with Gasteiger partial charge in [0.1, 0.15) is 0 Å². The van der Waals surface area contributed by atoms with Crippen LogP contribution in [0.5, 0.6) is 0 Å². The number of rotatable bonds is 2. The molecule has 3 saturated carbocycles. The van der Waals surface area contributed by atoms with E-state index in [4.69, 9.17) is 0 Å². The summed E-state index contributed by atoms with van der Waals surface area (Å²) in [4.78, 5) is 0. The first-order chi connectivity index (χ1) is 6.43. The van der Waals surface area contributed by atoms with Crippen molar-refractivity contribution >= 4 is 9.84 Å². The van der Waals surface area contributed by atoms with Crippen LogP contribution in [0.25, 0.3) is 0 Å². The Balaban J connectivity index is 2.29. The second-order valence-corrected chi connectivity index (χ2v) is 8.07. The molecule has 0 aromatic rings. The molecule has 14 heavy (non-hydrogen) atoms. The van der Waals surface area contributed by atoms with E-state index in [0.29, 0.717) is 11.2 Å². The second-order valence-electron chi connectivity index (χ2n) is 5.40. The van der Waals surface area contributed by atoms with E-state index >= 15 is 0 Å². The van der Waals surface area contributed by atoms with Crippen LogP contribution in [0, 0.1) is 5.41 Å². The summed E-state index contributed by atoms with van der Waals surface area (Å²) in [6.07, 6.45) is 6.10. The Bertz CT molecular complexity index is 305. The largest absolute Gasteiger partial charge is 0.228 e. The zero-order valence-electron chi connectivity index (χ0n) is 9.17. The van der Waals surface area contributed by atoms with Gasteiger partial charge in [-0.3, -0.25) is 0 Å². The molecule has 3 heteroatoms. The van der Waals surface area contributed by atoms with Crippen LogP contribution in [0.4, 0.5) is 0 Å². The van der Waals surface area contributed by atoms with E-state index in [-0.39, 0.29) is 4.75 Å². The van der Waals surface area contributed by atoms with Crippen molar-refractivity contribution in [2.24, 2.45) is 5.41 Å². The van der Waals surface area contributed by atoms with Gasteiger partial charge in [0, 0.05) is 5.75 Å². The maximum absolute atomic E-state index is 12.0. The lowest BCUT2D eigenvalue weighted by atomic mass is 9.61. The van der Waals surface area contributed by atoms with Crippen LogP contribution >= 0.6 is 0 Å². The average Bonchev–Trinajstić information content (AvgIpc) is 2.19. The van der Waals surface area contributed by atoms with E-state index in [1.54, 1.807) is 6.92 Å². The smallest absolute Gasteiger partial charge is 0.155 e. The third kappa shape index (κ3) is 1.32. The van der Waals surface area contributed by atoms with E-state index in [9.17, 15) is 8.42 Å². The maximum Gasteiger partial charge on any atom is 0.155 e. The van der Waals surface area contributed by atoms with Crippen molar-refractivity contribution < 1.29 is 8.42 Å². The van der Waals surface area contributed by atoms with E-state index in [1.807, 2.05) is 0 Å². The average molecular weight is 216 g/mol. The minimum Gasteiger partial charge on any atom is -0.228 e. The SMILES string of the molecule is CCS(=O)(=O)C12CCC(C)(CC1)CC2. The molecule has 3 aliphatic carbocycles. The predicted octanol–water partition coefficient (Wildman–Crippen LogP) is 2.53. The summed E-state index contributed by atoms with van der Waals surface area (Å²) in [6.45, 7) is 4.10. The predicted molar refractivity (Wildman–Crippen MR) is 58.0 cm³/mol. The van der Waals surface area contributed by atoms with Crippen LogP contribution in [-0.2, 0) is 9.84 Å². The summed E-state index contributed by atoms with van der Waals surface area (Å²) >= 11 is 0. The maximum atomic E-state index is 12.0. The first-order valence-electron chi connectivity index (χ1n) is 5.65. The molecule has 0 spiro atoms. The third-order valence-corrected chi connectivity index (χ3v) is 7.28. The standard InChI is InChI=1S/C11H20O2S/c1-3-14(12,13)11-7-4-10(2,5-8-11)6-9-11/h3-9H2,1-2H3. The van der Waals surface area contributed by atoms with Gasteiger partial charge in [-0.05, 0) is 43.9 Å². The molecule has 0 amide bonds. The summed E-state index contributed by atoms with van der Waals surface area (Å²) in [6, 6.07) is 0. The molecule has 3 rings (SSSR count). The summed E-state index contributed by atoms with van der Waals surface area (Å²) in [5, 5.41) is 0. The summed E-state index contributed by atoms with van der Waals surface area (Å²) in [5.41, 5.74) is 0.463. The van der Waals surface area contributed by atoms with Gasteiger partial charge in [-0.15, -0.1) is 0 Å². The minimum atomic E-state index is -2.82. The van der Waals surface area contributed by atoms with Gasteiger partial charge in [0.2, 0.25) is 0 Å². The molecule has 0 radical (unpaired) electrons. The van der Waals surface area contributed by atoms with Gasteiger partial charge in [0.15, 0.2) is 9.84 Å². The molecule has 0 aromatic heterocycles. The molecular weight excluding hydrogens is 196 g/mol. The first kappa shape index (κ1) is 10.5. The monoisotopic (exact) mass is 216 g/mol. The van der Waals surface area contributed by atoms with Crippen molar-refractivity contribution in [1.29, 1.82) is 0 Å². The van der Waals surface area contributed by atoms with Crippen molar-refractivity contribution in [3.8, 4) is 0 Å². The van der Waals surface area contributed by atoms with Crippen LogP contribution in [-0.4, -0.2) is 18.9 Å². The van der Waals surface area contributed by atoms with Gasteiger partial charge < -0.3 is 0 Å². The molecule has 0 N–H and O–H groups in total. The molecule has 0 atom stereocenters. The van der Waals surface area contributed by atoms with E-state index in [1.165, 1.54) is 0 Å². The van der Waals surface area contributed by atoms with Crippen molar-refractivity contribution in [2.75, 3.05) is 5.75 Å². The zero-order valence-corrected chi connectivity index (χ0v) is 9.99. The first-order valence-corrected chi connectivity index (χ1v) is 7.31. The Hall–Kier alpha value is -0.0500. The highest BCUT2D eigenvalue weighted by atomic mass is 32.2. The lowest BCUT2D eigenvalue weighted by Crippen LogP contribution is -2.50. The lowest BCUT2D eigenvalue weighted by molar-refractivity contribution is 0.0973. The van der Waals surface area contributed by atoms with Gasteiger partial charge in [0.25, 0.3) is 0 Å². The molecule has 3 fully saturated rings. The topological polar surface area (TPSA) is 34.1 Å². The molecule has 0 aliphatic heterocycles. The molecule has 3 aliphatic rings. The van der Waals surface area contributed by atoms with Crippen LogP contribution in [0.2, 0.25) is 0 Å². The van der Waals surface area contributed by atoms with Crippen molar-refractivity contribution in [3.05, 3.63) is 0 Å². The molecule has 0 heterocycles. The number of hydrogen-bond acceptors (Lipinski definition) is 2. The van der Waals surface area contributed by atoms with Crippen LogP contribution in [0.3, 0.4) is 0 Å². The highest BCUT2D eigenvalue weighted by molar-refractivity contribution is 7.92. The normalized spacial score (nSPS) is 42.7. The molecular formula is C11H20O2S. The highest BCUT2D eigenvalue weighted by Gasteiger charge is 2.52. The molecule has 2 bridgehead atoms. The molecule has 0 unspecified atom stereocenters. The fourth-order valence-electron chi connectivity index (χ4n) is 3.11. The molecule has 82 valence electrons. The summed E-state index contributed by atoms with van der Waals surface area (Å²) < 4.78 is 23.8. The number of hydrogen-bond donors (Lipinski definition) is 0. The summed E-state index contributed by atoms with van der Waals surface area (Å²) in [7, 11) is -2.82. The van der Waals surface area contributed by atoms with E-state index < -0.39 is 9.84 Å². The van der Waals surface area contributed by atoms with Gasteiger partial charge in [-0.25, -0.2) is 8.42 Å². The Morgan fingerprint density at radius 1 is 1.00 bits per heavy atom. The summed E-state index contributed by atoms with van der Waals surface area (Å²) in [5.74, 6) is 0.323.